The molecule has 0 aliphatic rings. The number of anilines is 1. The molecule has 2 aromatic heterocycles. The molecule has 1 atom stereocenters. The van der Waals surface area contributed by atoms with Crippen molar-refractivity contribution in [2.75, 3.05) is 11.9 Å². The van der Waals surface area contributed by atoms with Crippen LogP contribution in [-0.4, -0.2) is 27.2 Å². The average molecular weight is 279 g/mol. The van der Waals surface area contributed by atoms with Crippen LogP contribution in [0.1, 0.15) is 33.6 Å². The fraction of sp³-hybridized carbons (Fsp3) is 0.571. The summed E-state index contributed by atoms with van der Waals surface area (Å²) in [5.74, 6) is 1.41. The molecule has 2 heterocycles. The predicted molar refractivity (Wildman–Crippen MR) is 80.6 cm³/mol. The lowest BCUT2D eigenvalue weighted by Crippen LogP contribution is -2.34. The molecule has 0 spiro atoms. The van der Waals surface area contributed by atoms with Crippen molar-refractivity contribution < 1.29 is 5.11 Å². The zero-order chi connectivity index (χ0) is 13.9. The second kappa shape index (κ2) is 5.84. The number of thiophene rings is 1. The Morgan fingerprint density at radius 3 is 2.95 bits per heavy atom. The van der Waals surface area contributed by atoms with Gasteiger partial charge in [0.2, 0.25) is 0 Å². The molecule has 0 aromatic carbocycles. The van der Waals surface area contributed by atoms with E-state index in [0.717, 1.165) is 28.9 Å². The van der Waals surface area contributed by atoms with Gasteiger partial charge in [-0.15, -0.1) is 11.3 Å². The van der Waals surface area contributed by atoms with Crippen molar-refractivity contribution in [3.05, 3.63) is 17.8 Å². The summed E-state index contributed by atoms with van der Waals surface area (Å²) in [5.41, 5.74) is -0.711. The Labute approximate surface area is 117 Å². The number of nitrogens with one attached hydrogen (secondary N) is 1. The number of hydrogen-bond acceptors (Lipinski definition) is 5. The Morgan fingerprint density at radius 1 is 1.42 bits per heavy atom. The van der Waals surface area contributed by atoms with E-state index in [1.165, 1.54) is 0 Å². The van der Waals surface area contributed by atoms with Crippen LogP contribution >= 0.6 is 11.3 Å². The maximum atomic E-state index is 10.3. The third kappa shape index (κ3) is 3.88. The lowest BCUT2D eigenvalue weighted by Gasteiger charge is -2.25. The summed E-state index contributed by atoms with van der Waals surface area (Å²) in [6.45, 7) is 6.71. The minimum atomic E-state index is -0.711. The minimum absolute atomic E-state index is 0.502. The highest BCUT2D eigenvalue weighted by molar-refractivity contribution is 7.16. The molecule has 0 saturated heterocycles. The van der Waals surface area contributed by atoms with Gasteiger partial charge in [0.05, 0.1) is 11.0 Å². The van der Waals surface area contributed by atoms with Crippen LogP contribution in [0.15, 0.2) is 17.8 Å². The van der Waals surface area contributed by atoms with Crippen LogP contribution in [0.25, 0.3) is 10.2 Å². The van der Waals surface area contributed by atoms with Crippen molar-refractivity contribution >= 4 is 27.4 Å². The van der Waals surface area contributed by atoms with E-state index in [1.807, 2.05) is 18.4 Å². The molecule has 0 saturated carbocycles. The Bertz CT molecular complexity index is 536. The number of fused-ring (bicyclic) bond motifs is 1. The molecule has 2 aromatic rings. The van der Waals surface area contributed by atoms with Crippen molar-refractivity contribution in [3.8, 4) is 0 Å². The van der Waals surface area contributed by atoms with E-state index in [2.05, 4.69) is 29.1 Å². The highest BCUT2D eigenvalue weighted by Gasteiger charge is 2.21. The zero-order valence-corrected chi connectivity index (χ0v) is 12.5. The van der Waals surface area contributed by atoms with Crippen LogP contribution in [-0.2, 0) is 0 Å². The van der Waals surface area contributed by atoms with Crippen molar-refractivity contribution in [1.82, 2.24) is 9.97 Å². The van der Waals surface area contributed by atoms with Gasteiger partial charge in [-0.05, 0) is 37.1 Å². The molecule has 5 heteroatoms. The van der Waals surface area contributed by atoms with Crippen molar-refractivity contribution in [1.29, 1.82) is 0 Å². The predicted octanol–water partition coefficient (Wildman–Crippen LogP) is 3.29. The maximum absolute atomic E-state index is 10.3. The Hall–Kier alpha value is -1.20. The second-order valence-corrected chi connectivity index (χ2v) is 6.54. The first kappa shape index (κ1) is 14.2. The third-order valence-corrected chi connectivity index (χ3v) is 3.98. The van der Waals surface area contributed by atoms with Gasteiger partial charge in [0.15, 0.2) is 0 Å². The summed E-state index contributed by atoms with van der Waals surface area (Å²) in [6, 6.07) is 2.01. The van der Waals surface area contributed by atoms with E-state index in [9.17, 15) is 5.11 Å². The second-order valence-electron chi connectivity index (χ2n) is 5.64. The highest BCUT2D eigenvalue weighted by Crippen LogP contribution is 2.24. The maximum Gasteiger partial charge on any atom is 0.138 e. The SMILES string of the molecule is CC(C)CCC(C)(O)CNc1ncnc2sccc12. The van der Waals surface area contributed by atoms with E-state index in [4.69, 9.17) is 0 Å². The molecule has 19 heavy (non-hydrogen) atoms. The third-order valence-electron chi connectivity index (χ3n) is 3.16. The van der Waals surface area contributed by atoms with Crippen LogP contribution in [0, 0.1) is 5.92 Å². The molecule has 0 radical (unpaired) electrons. The van der Waals surface area contributed by atoms with E-state index in [0.29, 0.717) is 12.5 Å². The lowest BCUT2D eigenvalue weighted by atomic mass is 9.95. The zero-order valence-electron chi connectivity index (χ0n) is 11.7. The number of rotatable bonds is 6. The first-order chi connectivity index (χ1) is 8.98. The number of aliphatic hydroxyl groups is 1. The average Bonchev–Trinajstić information content (AvgIpc) is 2.83. The fourth-order valence-electron chi connectivity index (χ4n) is 1.89. The first-order valence-electron chi connectivity index (χ1n) is 6.62. The molecule has 0 bridgehead atoms. The van der Waals surface area contributed by atoms with Gasteiger partial charge >= 0.3 is 0 Å². The van der Waals surface area contributed by atoms with Gasteiger partial charge in [0.25, 0.3) is 0 Å². The largest absolute Gasteiger partial charge is 0.388 e. The van der Waals surface area contributed by atoms with E-state index >= 15 is 0 Å². The van der Waals surface area contributed by atoms with Crippen LogP contribution in [0.2, 0.25) is 0 Å². The summed E-state index contributed by atoms with van der Waals surface area (Å²) in [7, 11) is 0. The van der Waals surface area contributed by atoms with E-state index < -0.39 is 5.60 Å². The first-order valence-corrected chi connectivity index (χ1v) is 7.50. The topological polar surface area (TPSA) is 58.0 Å². The van der Waals surface area contributed by atoms with Crippen molar-refractivity contribution in [2.24, 2.45) is 5.92 Å². The van der Waals surface area contributed by atoms with Crippen LogP contribution in [0.4, 0.5) is 5.82 Å². The van der Waals surface area contributed by atoms with Gasteiger partial charge in [-0.25, -0.2) is 9.97 Å². The van der Waals surface area contributed by atoms with Gasteiger partial charge in [-0.2, -0.15) is 0 Å². The molecule has 4 nitrogen and oxygen atoms in total. The van der Waals surface area contributed by atoms with Gasteiger partial charge < -0.3 is 10.4 Å². The quantitative estimate of drug-likeness (QED) is 0.852. The number of hydrogen-bond donors (Lipinski definition) is 2. The molecule has 0 aliphatic carbocycles. The standard InChI is InChI=1S/C14H21N3OS/c1-10(2)4-6-14(3,18)8-15-12-11-5-7-19-13(11)17-9-16-12/h5,7,9-10,18H,4,6,8H2,1-3H3,(H,15,16,17). The molecule has 104 valence electrons. The molecular formula is C14H21N3OS. The normalized spacial score (nSPS) is 14.8. The summed E-state index contributed by atoms with van der Waals surface area (Å²) < 4.78 is 0. The summed E-state index contributed by atoms with van der Waals surface area (Å²) in [4.78, 5) is 9.43. The molecule has 0 aliphatic heterocycles. The molecule has 1 unspecified atom stereocenters. The van der Waals surface area contributed by atoms with Gasteiger partial charge in [-0.3, -0.25) is 0 Å². The fourth-order valence-corrected chi connectivity index (χ4v) is 2.63. The summed E-state index contributed by atoms with van der Waals surface area (Å²) in [5, 5.41) is 16.6. The van der Waals surface area contributed by atoms with E-state index in [1.54, 1.807) is 17.7 Å². The molecule has 0 fully saturated rings. The smallest absolute Gasteiger partial charge is 0.138 e. The number of aromatic nitrogens is 2. The van der Waals surface area contributed by atoms with Gasteiger partial charge in [-0.1, -0.05) is 13.8 Å². The Balaban J connectivity index is 2.00. The van der Waals surface area contributed by atoms with Gasteiger partial charge in [0, 0.05) is 6.54 Å². The highest BCUT2D eigenvalue weighted by atomic mass is 32.1. The minimum Gasteiger partial charge on any atom is -0.388 e. The Morgan fingerprint density at radius 2 is 2.21 bits per heavy atom. The van der Waals surface area contributed by atoms with Gasteiger partial charge in [0.1, 0.15) is 17.0 Å². The summed E-state index contributed by atoms with van der Waals surface area (Å²) in [6.07, 6.45) is 3.37. The van der Waals surface area contributed by atoms with Crippen molar-refractivity contribution in [2.45, 2.75) is 39.2 Å². The monoisotopic (exact) mass is 279 g/mol. The van der Waals surface area contributed by atoms with E-state index in [-0.39, 0.29) is 0 Å². The van der Waals surface area contributed by atoms with Crippen LogP contribution in [0.5, 0.6) is 0 Å². The Kier molecular flexibility index (Phi) is 4.37. The van der Waals surface area contributed by atoms with Crippen LogP contribution < -0.4 is 5.32 Å². The summed E-state index contributed by atoms with van der Waals surface area (Å²) >= 11 is 1.60. The lowest BCUT2D eigenvalue weighted by molar-refractivity contribution is 0.0586. The molecular weight excluding hydrogens is 258 g/mol. The number of nitrogens with zero attached hydrogens (tertiary/aromatic N) is 2. The molecule has 0 amide bonds. The molecule has 2 rings (SSSR count). The van der Waals surface area contributed by atoms with Crippen molar-refractivity contribution in [3.63, 3.8) is 0 Å². The molecule has 2 N–H and O–H groups in total. The van der Waals surface area contributed by atoms with Crippen LogP contribution in [0.3, 0.4) is 0 Å².